The molecule has 3 amide bonds. The van der Waals surface area contributed by atoms with Crippen LogP contribution in [-0.2, 0) is 11.3 Å². The lowest BCUT2D eigenvalue weighted by Gasteiger charge is -2.30. The van der Waals surface area contributed by atoms with Crippen LogP contribution in [-0.4, -0.2) is 48.6 Å². The van der Waals surface area contributed by atoms with Gasteiger partial charge in [0.25, 0.3) is 0 Å². The van der Waals surface area contributed by atoms with Crippen molar-refractivity contribution in [3.63, 3.8) is 0 Å². The highest BCUT2D eigenvalue weighted by Crippen LogP contribution is 2.31. The molecule has 0 fully saturated rings. The molecule has 0 radical (unpaired) electrons. The maximum absolute atomic E-state index is 14.0. The van der Waals surface area contributed by atoms with E-state index in [0.717, 1.165) is 23.2 Å². The Labute approximate surface area is 171 Å². The van der Waals surface area contributed by atoms with E-state index in [1.165, 1.54) is 6.07 Å². The molecule has 0 saturated carbocycles. The molecule has 8 nitrogen and oxygen atoms in total. The van der Waals surface area contributed by atoms with Crippen LogP contribution in [0.1, 0.15) is 24.2 Å². The molecule has 2 aromatic rings. The van der Waals surface area contributed by atoms with Crippen LogP contribution in [0, 0.1) is 11.6 Å². The highest BCUT2D eigenvalue weighted by atomic mass is 19.2. The molecule has 4 rings (SSSR count). The Morgan fingerprint density at radius 3 is 3.00 bits per heavy atom. The SMILES string of the molecule is C[C@H](NC(=O)CN1Cc2c(ccc(F)c2F)NC1=O)c1cc2c(cn1)OCCN2C. The van der Waals surface area contributed by atoms with Gasteiger partial charge < -0.3 is 25.2 Å². The van der Waals surface area contributed by atoms with Crippen molar-refractivity contribution in [1.29, 1.82) is 0 Å². The Morgan fingerprint density at radius 1 is 1.40 bits per heavy atom. The first-order valence-electron chi connectivity index (χ1n) is 9.49. The van der Waals surface area contributed by atoms with Crippen LogP contribution in [0.15, 0.2) is 24.4 Å². The van der Waals surface area contributed by atoms with Gasteiger partial charge in [-0.1, -0.05) is 0 Å². The van der Waals surface area contributed by atoms with E-state index in [1.807, 2.05) is 18.0 Å². The Kier molecular flexibility index (Phi) is 5.15. The zero-order valence-electron chi connectivity index (χ0n) is 16.5. The number of ether oxygens (including phenoxy) is 1. The number of benzene rings is 1. The van der Waals surface area contributed by atoms with Gasteiger partial charge in [0.2, 0.25) is 5.91 Å². The predicted octanol–water partition coefficient (Wildman–Crippen LogP) is 2.41. The van der Waals surface area contributed by atoms with Gasteiger partial charge in [0.1, 0.15) is 13.2 Å². The van der Waals surface area contributed by atoms with Crippen molar-refractivity contribution in [1.82, 2.24) is 15.2 Å². The number of likely N-dealkylation sites (N-methyl/N-ethyl adjacent to an activating group) is 1. The Balaban J connectivity index is 1.43. The van der Waals surface area contributed by atoms with E-state index >= 15 is 0 Å². The minimum atomic E-state index is -1.03. The summed E-state index contributed by atoms with van der Waals surface area (Å²) in [5, 5.41) is 5.26. The summed E-state index contributed by atoms with van der Waals surface area (Å²) in [7, 11) is 1.95. The number of halogens is 2. The monoisotopic (exact) mass is 417 g/mol. The highest BCUT2D eigenvalue weighted by Gasteiger charge is 2.28. The third-order valence-electron chi connectivity index (χ3n) is 5.19. The minimum Gasteiger partial charge on any atom is -0.488 e. The van der Waals surface area contributed by atoms with Crippen molar-refractivity contribution in [2.45, 2.75) is 19.5 Å². The summed E-state index contributed by atoms with van der Waals surface area (Å²) in [6.07, 6.45) is 1.62. The van der Waals surface area contributed by atoms with Crippen molar-refractivity contribution in [2.24, 2.45) is 0 Å². The largest absolute Gasteiger partial charge is 0.488 e. The molecule has 2 aliphatic heterocycles. The van der Waals surface area contributed by atoms with Gasteiger partial charge in [-0.25, -0.2) is 13.6 Å². The van der Waals surface area contributed by atoms with Crippen molar-refractivity contribution in [3.8, 4) is 5.75 Å². The zero-order chi connectivity index (χ0) is 21.4. The molecule has 3 heterocycles. The maximum atomic E-state index is 14.0. The number of hydrogen-bond acceptors (Lipinski definition) is 5. The van der Waals surface area contributed by atoms with E-state index in [0.29, 0.717) is 18.1 Å². The van der Waals surface area contributed by atoms with Crippen molar-refractivity contribution in [2.75, 3.05) is 37.0 Å². The average molecular weight is 417 g/mol. The van der Waals surface area contributed by atoms with Crippen LogP contribution >= 0.6 is 0 Å². The lowest BCUT2D eigenvalue weighted by atomic mass is 10.1. The summed E-state index contributed by atoms with van der Waals surface area (Å²) in [5.74, 6) is -1.79. The number of rotatable bonds is 4. The number of carbonyl (C=O) groups is 2. The molecule has 2 N–H and O–H groups in total. The molecule has 10 heteroatoms. The summed E-state index contributed by atoms with van der Waals surface area (Å²) in [4.78, 5) is 32.2. The van der Waals surface area contributed by atoms with E-state index in [4.69, 9.17) is 4.74 Å². The van der Waals surface area contributed by atoms with Gasteiger partial charge in [0.15, 0.2) is 17.4 Å². The molecule has 30 heavy (non-hydrogen) atoms. The van der Waals surface area contributed by atoms with Gasteiger partial charge in [-0.3, -0.25) is 9.78 Å². The molecule has 0 spiro atoms. The Bertz CT molecular complexity index is 1020. The molecule has 0 saturated heterocycles. The third kappa shape index (κ3) is 3.72. The molecule has 0 aliphatic carbocycles. The average Bonchev–Trinajstić information content (AvgIpc) is 2.72. The Hall–Kier alpha value is -3.43. The summed E-state index contributed by atoms with van der Waals surface area (Å²) >= 11 is 0. The molecular formula is C20H21F2N5O3. The highest BCUT2D eigenvalue weighted by molar-refractivity contribution is 5.95. The minimum absolute atomic E-state index is 0.00911. The first kappa shape index (κ1) is 19.9. The number of nitrogens with zero attached hydrogens (tertiary/aromatic N) is 3. The first-order valence-corrected chi connectivity index (χ1v) is 9.49. The van der Waals surface area contributed by atoms with Crippen LogP contribution in [0.25, 0.3) is 0 Å². The topological polar surface area (TPSA) is 86.8 Å². The molecule has 1 aromatic carbocycles. The quantitative estimate of drug-likeness (QED) is 0.798. The van der Waals surface area contributed by atoms with E-state index in [2.05, 4.69) is 15.6 Å². The predicted molar refractivity (Wildman–Crippen MR) is 105 cm³/mol. The Morgan fingerprint density at radius 2 is 2.20 bits per heavy atom. The molecule has 1 atom stereocenters. The number of hydrogen-bond donors (Lipinski definition) is 2. The van der Waals surface area contributed by atoms with Crippen LogP contribution in [0.4, 0.5) is 25.0 Å². The van der Waals surface area contributed by atoms with E-state index < -0.39 is 29.6 Å². The fourth-order valence-electron chi connectivity index (χ4n) is 3.49. The van der Waals surface area contributed by atoms with Gasteiger partial charge in [-0.2, -0.15) is 0 Å². The normalized spacial score (nSPS) is 16.2. The molecule has 1 aromatic heterocycles. The fourth-order valence-corrected chi connectivity index (χ4v) is 3.49. The smallest absolute Gasteiger partial charge is 0.322 e. The van der Waals surface area contributed by atoms with Crippen LogP contribution in [0.5, 0.6) is 5.75 Å². The van der Waals surface area contributed by atoms with E-state index in [-0.39, 0.29) is 24.3 Å². The number of carbonyl (C=O) groups excluding carboxylic acids is 2. The van der Waals surface area contributed by atoms with Crippen LogP contribution < -0.4 is 20.3 Å². The van der Waals surface area contributed by atoms with E-state index in [9.17, 15) is 18.4 Å². The molecule has 0 bridgehead atoms. The zero-order valence-corrected chi connectivity index (χ0v) is 16.5. The van der Waals surface area contributed by atoms with Gasteiger partial charge in [0.05, 0.1) is 42.4 Å². The summed E-state index contributed by atoms with van der Waals surface area (Å²) < 4.78 is 33.1. The van der Waals surface area contributed by atoms with Crippen molar-refractivity contribution < 1.29 is 23.1 Å². The van der Waals surface area contributed by atoms with Crippen LogP contribution in [0.3, 0.4) is 0 Å². The number of fused-ring (bicyclic) bond motifs is 2. The van der Waals surface area contributed by atoms with Crippen LogP contribution in [0.2, 0.25) is 0 Å². The number of amides is 3. The second-order valence-electron chi connectivity index (χ2n) is 7.31. The standard InChI is InChI=1S/C20H21F2N5O3/c1-11(15-7-16-17(8-23-15)30-6-5-26(16)2)24-18(28)10-27-9-12-14(25-20(27)29)4-3-13(21)19(12)22/h3-4,7-8,11H,5-6,9-10H2,1-2H3,(H,24,28)(H,25,29)/t11-/m0/s1. The van der Waals surface area contributed by atoms with Gasteiger partial charge >= 0.3 is 6.03 Å². The fraction of sp³-hybridized carbons (Fsp3) is 0.350. The maximum Gasteiger partial charge on any atom is 0.322 e. The molecule has 0 unspecified atom stereocenters. The van der Waals surface area contributed by atoms with E-state index in [1.54, 1.807) is 13.1 Å². The molecular weight excluding hydrogens is 396 g/mol. The van der Waals surface area contributed by atoms with Gasteiger partial charge in [-0.05, 0) is 25.1 Å². The van der Waals surface area contributed by atoms with Gasteiger partial charge in [0, 0.05) is 12.6 Å². The summed E-state index contributed by atoms with van der Waals surface area (Å²) in [6.45, 7) is 2.60. The van der Waals surface area contributed by atoms with Crippen molar-refractivity contribution >= 4 is 23.3 Å². The third-order valence-corrected chi connectivity index (χ3v) is 5.19. The number of nitrogens with one attached hydrogen (secondary N) is 2. The number of anilines is 2. The van der Waals surface area contributed by atoms with Crippen molar-refractivity contribution in [3.05, 3.63) is 47.3 Å². The molecule has 158 valence electrons. The number of pyridine rings is 1. The summed E-state index contributed by atoms with van der Waals surface area (Å²) in [6, 6.07) is 3.12. The second kappa shape index (κ2) is 7.77. The lowest BCUT2D eigenvalue weighted by Crippen LogP contribution is -2.45. The lowest BCUT2D eigenvalue weighted by molar-refractivity contribution is -0.122. The molecule has 2 aliphatic rings. The number of aromatic nitrogens is 1. The summed E-state index contributed by atoms with van der Waals surface area (Å²) in [5.41, 5.74) is 1.74. The second-order valence-corrected chi connectivity index (χ2v) is 7.31. The van der Waals surface area contributed by atoms with Gasteiger partial charge in [-0.15, -0.1) is 0 Å². The number of urea groups is 1. The first-order chi connectivity index (χ1) is 14.3.